The van der Waals surface area contributed by atoms with Crippen molar-refractivity contribution in [2.75, 3.05) is 31.1 Å². The monoisotopic (exact) mass is 438 g/mol. The summed E-state index contributed by atoms with van der Waals surface area (Å²) in [5, 5.41) is 9.44. The van der Waals surface area contributed by atoms with Crippen molar-refractivity contribution in [1.29, 1.82) is 5.26 Å². The van der Waals surface area contributed by atoms with E-state index < -0.39 is 15.8 Å². The van der Waals surface area contributed by atoms with E-state index in [1.54, 1.807) is 11.0 Å². The average Bonchev–Trinajstić information content (AvgIpc) is 3.22. The first-order chi connectivity index (χ1) is 15.0. The number of halogens is 1. The van der Waals surface area contributed by atoms with E-state index in [9.17, 15) is 18.1 Å². The Morgan fingerprint density at radius 1 is 1.00 bits per heavy atom. The molecule has 0 atom stereocenters. The number of anilines is 1. The van der Waals surface area contributed by atoms with Crippen LogP contribution in [0.2, 0.25) is 0 Å². The van der Waals surface area contributed by atoms with Gasteiger partial charge < -0.3 is 9.32 Å². The standard InChI is InChI=1S/C22H19FN4O3S/c23-18-8-4-5-9-20(18)31(28,29)27-14-12-26(13-15-27)22-19(16-24)25-21(30-22)11-10-17-6-2-1-3-7-17/h1-11H,12-15H2. The lowest BCUT2D eigenvalue weighted by Gasteiger charge is -2.33. The van der Waals surface area contributed by atoms with E-state index in [2.05, 4.69) is 4.98 Å². The molecule has 3 aromatic rings. The number of hydrogen-bond acceptors (Lipinski definition) is 6. The van der Waals surface area contributed by atoms with Crippen molar-refractivity contribution in [3.8, 4) is 6.07 Å². The van der Waals surface area contributed by atoms with Gasteiger partial charge in [-0.3, -0.25) is 0 Å². The quantitative estimate of drug-likeness (QED) is 0.607. The maximum Gasteiger partial charge on any atom is 0.246 e. The maximum atomic E-state index is 14.0. The highest BCUT2D eigenvalue weighted by atomic mass is 32.2. The van der Waals surface area contributed by atoms with Gasteiger partial charge >= 0.3 is 0 Å². The zero-order valence-electron chi connectivity index (χ0n) is 16.5. The van der Waals surface area contributed by atoms with E-state index in [-0.39, 0.29) is 29.6 Å². The second-order valence-electron chi connectivity index (χ2n) is 6.88. The van der Waals surface area contributed by atoms with Crippen molar-refractivity contribution in [3.05, 3.63) is 77.6 Å². The Labute approximate surface area is 179 Å². The van der Waals surface area contributed by atoms with E-state index in [1.807, 2.05) is 42.5 Å². The third-order valence-electron chi connectivity index (χ3n) is 4.93. The van der Waals surface area contributed by atoms with Gasteiger partial charge in [-0.2, -0.15) is 14.6 Å². The molecule has 7 nitrogen and oxygen atoms in total. The first-order valence-electron chi connectivity index (χ1n) is 9.63. The summed E-state index contributed by atoms with van der Waals surface area (Å²) < 4.78 is 46.5. The first kappa shape index (κ1) is 20.8. The van der Waals surface area contributed by atoms with E-state index in [0.29, 0.717) is 19.0 Å². The fourth-order valence-corrected chi connectivity index (χ4v) is 4.83. The summed E-state index contributed by atoms with van der Waals surface area (Å²) in [7, 11) is -3.94. The molecule has 0 amide bonds. The number of nitriles is 1. The topological polar surface area (TPSA) is 90.4 Å². The second-order valence-corrected chi connectivity index (χ2v) is 8.79. The molecule has 2 heterocycles. The summed E-state index contributed by atoms with van der Waals surface area (Å²) in [5.74, 6) is -0.184. The first-order valence-corrected chi connectivity index (χ1v) is 11.1. The molecule has 0 spiro atoms. The van der Waals surface area contributed by atoms with Crippen LogP contribution in [0.1, 0.15) is 17.1 Å². The SMILES string of the molecule is N#Cc1nc(C=Cc2ccccc2)oc1N1CCN(S(=O)(=O)c2ccccc2F)CC1. The number of oxazole rings is 1. The van der Waals surface area contributed by atoms with Crippen LogP contribution in [-0.4, -0.2) is 43.9 Å². The van der Waals surface area contributed by atoms with Crippen molar-refractivity contribution < 1.29 is 17.2 Å². The molecule has 1 aromatic heterocycles. The molecule has 4 rings (SSSR count). The number of sulfonamides is 1. The van der Waals surface area contributed by atoms with Crippen LogP contribution < -0.4 is 4.90 Å². The second kappa shape index (κ2) is 8.71. The van der Waals surface area contributed by atoms with E-state index in [0.717, 1.165) is 11.6 Å². The van der Waals surface area contributed by atoms with Crippen LogP contribution in [0.5, 0.6) is 0 Å². The summed E-state index contributed by atoms with van der Waals surface area (Å²) in [6.45, 7) is 0.855. The molecule has 2 aromatic carbocycles. The number of hydrogen-bond donors (Lipinski definition) is 0. The summed E-state index contributed by atoms with van der Waals surface area (Å²) in [4.78, 5) is 5.65. The van der Waals surface area contributed by atoms with Gasteiger partial charge in [-0.25, -0.2) is 12.8 Å². The van der Waals surface area contributed by atoms with Gasteiger partial charge in [0.25, 0.3) is 0 Å². The third kappa shape index (κ3) is 4.35. The molecule has 9 heteroatoms. The smallest absolute Gasteiger partial charge is 0.246 e. The number of benzene rings is 2. The largest absolute Gasteiger partial charge is 0.420 e. The average molecular weight is 438 g/mol. The van der Waals surface area contributed by atoms with Crippen LogP contribution >= 0.6 is 0 Å². The van der Waals surface area contributed by atoms with E-state index in [1.165, 1.54) is 22.5 Å². The van der Waals surface area contributed by atoms with Gasteiger partial charge in [-0.05, 0) is 23.8 Å². The van der Waals surface area contributed by atoms with Crippen molar-refractivity contribution >= 4 is 28.1 Å². The summed E-state index contributed by atoms with van der Waals surface area (Å²) in [6.07, 6.45) is 3.51. The van der Waals surface area contributed by atoms with Crippen LogP contribution in [0.15, 0.2) is 63.9 Å². The molecule has 1 saturated heterocycles. The molecule has 158 valence electrons. The Kier molecular flexibility index (Phi) is 5.84. The molecule has 0 aliphatic carbocycles. The highest BCUT2D eigenvalue weighted by Crippen LogP contribution is 2.26. The molecular formula is C22H19FN4O3S. The minimum Gasteiger partial charge on any atom is -0.420 e. The lowest BCUT2D eigenvalue weighted by atomic mass is 10.2. The molecule has 1 aliphatic heterocycles. The summed E-state index contributed by atoms with van der Waals surface area (Å²) in [5.41, 5.74) is 1.10. The number of piperazine rings is 1. The number of rotatable bonds is 5. The van der Waals surface area contributed by atoms with Crippen LogP contribution in [0.4, 0.5) is 10.3 Å². The zero-order chi connectivity index (χ0) is 21.8. The molecule has 0 saturated carbocycles. The van der Waals surface area contributed by atoms with Crippen LogP contribution in [-0.2, 0) is 10.0 Å². The van der Waals surface area contributed by atoms with Crippen LogP contribution in [0, 0.1) is 17.1 Å². The Bertz CT molecular complexity index is 1240. The third-order valence-corrected chi connectivity index (χ3v) is 6.86. The number of nitrogens with zero attached hydrogens (tertiary/aromatic N) is 4. The van der Waals surface area contributed by atoms with Gasteiger partial charge in [0.1, 0.15) is 16.8 Å². The van der Waals surface area contributed by atoms with Crippen LogP contribution in [0.25, 0.3) is 12.2 Å². The Hall–Kier alpha value is -3.48. The van der Waals surface area contributed by atoms with Crippen molar-refractivity contribution in [2.45, 2.75) is 4.90 Å². The molecule has 0 bridgehead atoms. The van der Waals surface area contributed by atoms with Crippen molar-refractivity contribution in [2.24, 2.45) is 0 Å². The molecule has 31 heavy (non-hydrogen) atoms. The highest BCUT2D eigenvalue weighted by Gasteiger charge is 2.32. The fourth-order valence-electron chi connectivity index (χ4n) is 3.34. The van der Waals surface area contributed by atoms with E-state index in [4.69, 9.17) is 4.42 Å². The van der Waals surface area contributed by atoms with Gasteiger partial charge in [-0.15, -0.1) is 0 Å². The molecular weight excluding hydrogens is 419 g/mol. The Morgan fingerprint density at radius 2 is 1.68 bits per heavy atom. The highest BCUT2D eigenvalue weighted by molar-refractivity contribution is 7.89. The zero-order valence-corrected chi connectivity index (χ0v) is 17.3. The Morgan fingerprint density at radius 3 is 2.35 bits per heavy atom. The summed E-state index contributed by atoms with van der Waals surface area (Å²) >= 11 is 0. The summed E-state index contributed by atoms with van der Waals surface area (Å²) in [6, 6.07) is 17.0. The van der Waals surface area contributed by atoms with Crippen LogP contribution in [0.3, 0.4) is 0 Å². The van der Waals surface area contributed by atoms with Gasteiger partial charge in [0.15, 0.2) is 0 Å². The normalized spacial score (nSPS) is 15.3. The van der Waals surface area contributed by atoms with Gasteiger partial charge in [0, 0.05) is 32.3 Å². The lowest BCUT2D eigenvalue weighted by molar-refractivity contribution is 0.371. The minimum absolute atomic E-state index is 0.136. The molecule has 0 N–H and O–H groups in total. The molecule has 0 unspecified atom stereocenters. The van der Waals surface area contributed by atoms with Gasteiger partial charge in [-0.1, -0.05) is 42.5 Å². The predicted octanol–water partition coefficient (Wildman–Crippen LogP) is 3.37. The predicted molar refractivity (Wildman–Crippen MR) is 114 cm³/mol. The van der Waals surface area contributed by atoms with Crippen molar-refractivity contribution in [1.82, 2.24) is 9.29 Å². The maximum absolute atomic E-state index is 14.0. The van der Waals surface area contributed by atoms with E-state index >= 15 is 0 Å². The lowest BCUT2D eigenvalue weighted by Crippen LogP contribution is -2.48. The van der Waals surface area contributed by atoms with Gasteiger partial charge in [0.2, 0.25) is 27.5 Å². The van der Waals surface area contributed by atoms with Gasteiger partial charge in [0.05, 0.1) is 0 Å². The minimum atomic E-state index is -3.94. The molecule has 1 fully saturated rings. The molecule has 1 aliphatic rings. The number of aromatic nitrogens is 1. The Balaban J connectivity index is 1.49. The van der Waals surface area contributed by atoms with Crippen molar-refractivity contribution in [3.63, 3.8) is 0 Å². The fraction of sp³-hybridized carbons (Fsp3) is 0.182. The molecule has 0 radical (unpaired) electrons.